The molecule has 2 heterocycles. The highest BCUT2D eigenvalue weighted by molar-refractivity contribution is 5.94. The van der Waals surface area contributed by atoms with E-state index in [2.05, 4.69) is 15.8 Å². The number of amides is 1. The molecule has 1 aromatic heterocycles. The molecule has 0 unspecified atom stereocenters. The van der Waals surface area contributed by atoms with E-state index >= 15 is 0 Å². The molecule has 1 saturated heterocycles. The minimum absolute atomic E-state index is 0.159. The molecule has 9 heteroatoms. The Morgan fingerprint density at radius 1 is 1.06 bits per heavy atom. The van der Waals surface area contributed by atoms with Gasteiger partial charge in [-0.1, -0.05) is 6.07 Å². The lowest BCUT2D eigenvalue weighted by atomic mass is 9.89. The topological polar surface area (TPSA) is 86.1 Å². The monoisotopic (exact) mass is 486 g/mol. The molecule has 35 heavy (non-hydrogen) atoms. The number of rotatable bonds is 5. The van der Waals surface area contributed by atoms with E-state index < -0.39 is 5.60 Å². The molecular formula is C26H38N4O5. The van der Waals surface area contributed by atoms with Crippen LogP contribution in [0.2, 0.25) is 0 Å². The van der Waals surface area contributed by atoms with Crippen molar-refractivity contribution in [3.63, 3.8) is 0 Å². The number of benzene rings is 1. The Bertz CT molecular complexity index is 1040. The third kappa shape index (κ3) is 5.95. The molecule has 1 aliphatic heterocycles. The number of carbonyl (C=O) groups is 2. The van der Waals surface area contributed by atoms with Gasteiger partial charge in [0.25, 0.3) is 0 Å². The van der Waals surface area contributed by atoms with E-state index in [0.29, 0.717) is 37.3 Å². The van der Waals surface area contributed by atoms with Gasteiger partial charge in [-0.2, -0.15) is 5.10 Å². The van der Waals surface area contributed by atoms with Crippen molar-refractivity contribution in [3.05, 3.63) is 30.0 Å². The zero-order valence-corrected chi connectivity index (χ0v) is 21.5. The number of aromatic nitrogens is 2. The van der Waals surface area contributed by atoms with Gasteiger partial charge in [0, 0.05) is 44.4 Å². The number of methoxy groups -OCH3 is 2. The molecule has 2 fully saturated rings. The first-order chi connectivity index (χ1) is 16.7. The Labute approximate surface area is 207 Å². The van der Waals surface area contributed by atoms with Gasteiger partial charge < -0.3 is 19.1 Å². The molecule has 1 aliphatic carbocycles. The average molecular weight is 487 g/mol. The lowest BCUT2D eigenvalue weighted by Gasteiger charge is -2.46. The molecule has 192 valence electrons. The Morgan fingerprint density at radius 3 is 2.43 bits per heavy atom. The highest BCUT2D eigenvalue weighted by atomic mass is 16.6. The first-order valence-electron chi connectivity index (χ1n) is 12.5. The first-order valence-corrected chi connectivity index (χ1v) is 12.5. The normalized spacial score (nSPS) is 23.9. The van der Waals surface area contributed by atoms with Gasteiger partial charge in [-0.15, -0.1) is 0 Å². The van der Waals surface area contributed by atoms with Crippen LogP contribution >= 0.6 is 0 Å². The SMILES string of the molecule is COC[C@@H]1CN(C(=O)OC(C)(C)C)CCN1C1CCC(n2cc3ccc(C(=O)OC)cc3n2)CC1. The molecule has 2 aliphatic rings. The van der Waals surface area contributed by atoms with Gasteiger partial charge in [-0.05, 0) is 58.6 Å². The summed E-state index contributed by atoms with van der Waals surface area (Å²) in [7, 11) is 3.10. The number of fused-ring (bicyclic) bond motifs is 1. The summed E-state index contributed by atoms with van der Waals surface area (Å²) in [6.07, 6.45) is 6.04. The van der Waals surface area contributed by atoms with E-state index in [1.807, 2.05) is 31.7 Å². The Hall–Kier alpha value is -2.65. The van der Waals surface area contributed by atoms with Crippen LogP contribution in [0.3, 0.4) is 0 Å². The number of carbonyl (C=O) groups excluding carboxylic acids is 2. The van der Waals surface area contributed by atoms with Crippen molar-refractivity contribution in [2.24, 2.45) is 0 Å². The quantitative estimate of drug-likeness (QED) is 0.593. The van der Waals surface area contributed by atoms with Crippen molar-refractivity contribution < 1.29 is 23.8 Å². The maximum atomic E-state index is 12.6. The summed E-state index contributed by atoms with van der Waals surface area (Å²) in [5.74, 6) is -0.348. The van der Waals surface area contributed by atoms with Gasteiger partial charge in [-0.3, -0.25) is 9.58 Å². The second-order valence-corrected chi connectivity index (χ2v) is 10.6. The highest BCUT2D eigenvalue weighted by Crippen LogP contribution is 2.33. The van der Waals surface area contributed by atoms with Gasteiger partial charge in [-0.25, -0.2) is 9.59 Å². The van der Waals surface area contributed by atoms with Gasteiger partial charge in [0.2, 0.25) is 0 Å². The standard InChI is InChI=1S/C26H38N4O5/c1-26(2,3)35-25(32)28-12-13-29(22(16-28)17-33-4)20-8-10-21(11-9-20)30-15-19-7-6-18(24(31)34-5)14-23(19)27-30/h6-7,14-15,20-22H,8-13,16-17H2,1-5H3/t20?,21?,22-/m0/s1. The van der Waals surface area contributed by atoms with Crippen LogP contribution < -0.4 is 0 Å². The minimum Gasteiger partial charge on any atom is -0.465 e. The molecule has 0 bridgehead atoms. The predicted octanol–water partition coefficient (Wildman–Crippen LogP) is 3.87. The number of nitrogens with zero attached hydrogens (tertiary/aromatic N) is 4. The fourth-order valence-corrected chi connectivity index (χ4v) is 5.30. The smallest absolute Gasteiger partial charge is 0.410 e. The van der Waals surface area contributed by atoms with Crippen molar-refractivity contribution in [2.75, 3.05) is 40.5 Å². The Morgan fingerprint density at radius 2 is 1.77 bits per heavy atom. The van der Waals surface area contributed by atoms with E-state index in [4.69, 9.17) is 19.3 Å². The zero-order valence-electron chi connectivity index (χ0n) is 21.5. The summed E-state index contributed by atoms with van der Waals surface area (Å²) in [6.45, 7) is 8.39. The van der Waals surface area contributed by atoms with Gasteiger partial charge in [0.15, 0.2) is 0 Å². The van der Waals surface area contributed by atoms with Gasteiger partial charge >= 0.3 is 12.1 Å². The van der Waals surface area contributed by atoms with Crippen LogP contribution in [0, 0.1) is 0 Å². The van der Waals surface area contributed by atoms with Gasteiger partial charge in [0.1, 0.15) is 5.60 Å². The number of ether oxygens (including phenoxy) is 3. The number of hydrogen-bond donors (Lipinski definition) is 0. The van der Waals surface area contributed by atoms with E-state index in [1.54, 1.807) is 19.2 Å². The molecule has 9 nitrogen and oxygen atoms in total. The van der Waals surface area contributed by atoms with Crippen LogP contribution in [-0.4, -0.2) is 89.8 Å². The number of piperazine rings is 1. The maximum Gasteiger partial charge on any atom is 0.410 e. The van der Waals surface area contributed by atoms with Gasteiger partial charge in [0.05, 0.1) is 36.9 Å². The van der Waals surface area contributed by atoms with Crippen molar-refractivity contribution in [2.45, 2.75) is 70.2 Å². The fourth-order valence-electron chi connectivity index (χ4n) is 5.30. The maximum absolute atomic E-state index is 12.6. The van der Waals surface area contributed by atoms with Crippen LogP contribution in [0.1, 0.15) is 62.9 Å². The van der Waals surface area contributed by atoms with Crippen molar-refractivity contribution >= 4 is 23.0 Å². The molecule has 1 aromatic carbocycles. The minimum atomic E-state index is -0.498. The van der Waals surface area contributed by atoms with Crippen LogP contribution in [0.5, 0.6) is 0 Å². The molecule has 0 radical (unpaired) electrons. The highest BCUT2D eigenvalue weighted by Gasteiger charge is 2.37. The summed E-state index contributed by atoms with van der Waals surface area (Å²) >= 11 is 0. The molecule has 2 aromatic rings. The molecule has 1 atom stereocenters. The predicted molar refractivity (Wildman–Crippen MR) is 133 cm³/mol. The summed E-state index contributed by atoms with van der Waals surface area (Å²) < 4.78 is 18.0. The number of hydrogen-bond acceptors (Lipinski definition) is 7. The summed E-state index contributed by atoms with van der Waals surface area (Å²) in [5.41, 5.74) is 0.832. The third-order valence-electron chi connectivity index (χ3n) is 6.99. The Kier molecular flexibility index (Phi) is 7.66. The zero-order chi connectivity index (χ0) is 25.2. The first kappa shape index (κ1) is 25.4. The van der Waals surface area contributed by atoms with Crippen LogP contribution in [-0.2, 0) is 14.2 Å². The second-order valence-electron chi connectivity index (χ2n) is 10.6. The lowest BCUT2D eigenvalue weighted by Crippen LogP contribution is -2.60. The lowest BCUT2D eigenvalue weighted by molar-refractivity contribution is -0.0278. The molecule has 1 saturated carbocycles. The van der Waals surface area contributed by atoms with Crippen LogP contribution in [0.25, 0.3) is 10.9 Å². The third-order valence-corrected chi connectivity index (χ3v) is 6.99. The second kappa shape index (κ2) is 10.5. The van der Waals surface area contributed by atoms with Crippen LogP contribution in [0.15, 0.2) is 24.4 Å². The summed E-state index contributed by atoms with van der Waals surface area (Å²) in [6, 6.07) is 6.46. The van der Waals surface area contributed by atoms with Crippen molar-refractivity contribution in [1.82, 2.24) is 19.6 Å². The Balaban J connectivity index is 1.37. The molecule has 0 spiro atoms. The largest absolute Gasteiger partial charge is 0.465 e. The van der Waals surface area contributed by atoms with Crippen LogP contribution in [0.4, 0.5) is 4.79 Å². The van der Waals surface area contributed by atoms with E-state index in [1.165, 1.54) is 7.11 Å². The van der Waals surface area contributed by atoms with E-state index in [9.17, 15) is 9.59 Å². The molecular weight excluding hydrogens is 448 g/mol. The number of esters is 1. The molecule has 1 amide bonds. The summed E-state index contributed by atoms with van der Waals surface area (Å²) in [4.78, 5) is 28.8. The summed E-state index contributed by atoms with van der Waals surface area (Å²) in [5, 5.41) is 5.80. The van der Waals surface area contributed by atoms with E-state index in [0.717, 1.165) is 43.1 Å². The molecule has 0 N–H and O–H groups in total. The van der Waals surface area contributed by atoms with Crippen molar-refractivity contribution in [1.29, 1.82) is 0 Å². The van der Waals surface area contributed by atoms with Crippen molar-refractivity contribution in [3.8, 4) is 0 Å². The average Bonchev–Trinajstić information content (AvgIpc) is 3.26. The van der Waals surface area contributed by atoms with E-state index in [-0.39, 0.29) is 18.1 Å². The fraction of sp³-hybridized carbons (Fsp3) is 0.654. The molecule has 4 rings (SSSR count).